The van der Waals surface area contributed by atoms with Crippen LogP contribution in [0.25, 0.3) is 22.0 Å². The van der Waals surface area contributed by atoms with E-state index in [2.05, 4.69) is 45.7 Å². The zero-order valence-corrected chi connectivity index (χ0v) is 23.6. The number of ether oxygens (including phenoxy) is 1. The molecule has 34 heavy (non-hydrogen) atoms. The van der Waals surface area contributed by atoms with Crippen LogP contribution >= 0.6 is 27.5 Å². The van der Waals surface area contributed by atoms with Crippen LogP contribution in [-0.4, -0.2) is 41.8 Å². The molecule has 3 aromatic heterocycles. The first kappa shape index (κ1) is 25.1. The number of hydrogen-bond acceptors (Lipinski definition) is 5. The van der Waals surface area contributed by atoms with E-state index in [-0.39, 0.29) is 16.8 Å². The molecule has 0 aliphatic rings. The molecule has 3 heterocycles. The normalized spacial score (nSPS) is 12.5. The Kier molecular flexibility index (Phi) is 7.08. The minimum Gasteiger partial charge on any atom is -0.360 e. The number of benzene rings is 1. The second kappa shape index (κ2) is 9.58. The Morgan fingerprint density at radius 1 is 1.12 bits per heavy atom. The molecular weight excluding hydrogens is 556 g/mol. The van der Waals surface area contributed by atoms with Gasteiger partial charge in [-0.3, -0.25) is 0 Å². The molecule has 0 radical (unpaired) electrons. The molecule has 7 nitrogen and oxygen atoms in total. The lowest BCUT2D eigenvalue weighted by Gasteiger charge is -2.15. The number of aromatic nitrogens is 4. The smallest absolute Gasteiger partial charge is 0.268 e. The van der Waals surface area contributed by atoms with E-state index < -0.39 is 18.1 Å². The van der Waals surface area contributed by atoms with E-state index in [9.17, 15) is 8.42 Å². The standard InChI is InChI=1S/C23H26BrClN4O3SSi/c1-16-5-7-17(8-6-16)33(30,31)29-14-19(18-11-22(24)26-12-21(18)29)20-13-28(27-23(20)25)15-32-9-10-34(2,3)4/h5-8,11-14H,9-10,15H2,1-4H3. The first-order valence-corrected chi connectivity index (χ1v) is 17.1. The predicted molar refractivity (Wildman–Crippen MR) is 142 cm³/mol. The van der Waals surface area contributed by atoms with Crippen molar-refractivity contribution in [3.63, 3.8) is 0 Å². The maximum absolute atomic E-state index is 13.5. The number of fused-ring (bicyclic) bond motifs is 1. The molecule has 4 aromatic rings. The zero-order chi connectivity index (χ0) is 24.7. The van der Waals surface area contributed by atoms with Crippen LogP contribution in [0.3, 0.4) is 0 Å². The third-order valence-electron chi connectivity index (χ3n) is 5.43. The van der Waals surface area contributed by atoms with Crippen LogP contribution < -0.4 is 0 Å². The first-order chi connectivity index (χ1) is 16.0. The van der Waals surface area contributed by atoms with Gasteiger partial charge in [0.05, 0.1) is 16.6 Å². The summed E-state index contributed by atoms with van der Waals surface area (Å²) in [5, 5.41) is 5.34. The zero-order valence-electron chi connectivity index (χ0n) is 19.4. The van der Waals surface area contributed by atoms with E-state index in [0.717, 1.165) is 11.6 Å². The molecule has 0 spiro atoms. The number of rotatable bonds is 8. The summed E-state index contributed by atoms with van der Waals surface area (Å²) in [6.07, 6.45) is 4.89. The number of aryl methyl sites for hydroxylation is 1. The second-order valence-corrected chi connectivity index (χ2v) is 18.0. The third kappa shape index (κ3) is 5.31. The summed E-state index contributed by atoms with van der Waals surface area (Å²) in [5.41, 5.74) is 2.70. The first-order valence-electron chi connectivity index (χ1n) is 10.8. The Morgan fingerprint density at radius 3 is 2.50 bits per heavy atom. The van der Waals surface area contributed by atoms with Crippen molar-refractivity contribution in [1.29, 1.82) is 0 Å². The van der Waals surface area contributed by atoms with E-state index in [4.69, 9.17) is 16.3 Å². The fourth-order valence-electron chi connectivity index (χ4n) is 3.49. The monoisotopic (exact) mass is 580 g/mol. The molecular formula is C23H26BrClN4O3SSi. The third-order valence-corrected chi connectivity index (χ3v) is 9.53. The molecule has 0 saturated heterocycles. The van der Waals surface area contributed by atoms with Gasteiger partial charge in [-0.15, -0.1) is 0 Å². The van der Waals surface area contributed by atoms with Gasteiger partial charge in [0.15, 0.2) is 5.15 Å². The summed E-state index contributed by atoms with van der Waals surface area (Å²) < 4.78 is 36.2. The van der Waals surface area contributed by atoms with E-state index >= 15 is 0 Å². The van der Waals surface area contributed by atoms with E-state index in [1.165, 1.54) is 10.2 Å². The van der Waals surface area contributed by atoms with Gasteiger partial charge in [0.2, 0.25) is 0 Å². The molecule has 11 heteroatoms. The predicted octanol–water partition coefficient (Wildman–Crippen LogP) is 6.17. The Morgan fingerprint density at radius 2 is 1.82 bits per heavy atom. The summed E-state index contributed by atoms with van der Waals surface area (Å²) in [7, 11) is -5.04. The van der Waals surface area contributed by atoms with Gasteiger partial charge in [0.25, 0.3) is 10.0 Å². The lowest BCUT2D eigenvalue weighted by Crippen LogP contribution is -2.22. The molecule has 0 atom stereocenters. The van der Waals surface area contributed by atoms with Crippen molar-refractivity contribution >= 4 is 56.5 Å². The highest BCUT2D eigenvalue weighted by atomic mass is 79.9. The van der Waals surface area contributed by atoms with Gasteiger partial charge in [-0.1, -0.05) is 48.9 Å². The van der Waals surface area contributed by atoms with Gasteiger partial charge in [0, 0.05) is 43.6 Å². The number of hydrogen-bond donors (Lipinski definition) is 0. The van der Waals surface area contributed by atoms with Crippen molar-refractivity contribution in [3.8, 4) is 11.1 Å². The van der Waals surface area contributed by atoms with Crippen LogP contribution in [0.5, 0.6) is 0 Å². The lowest BCUT2D eigenvalue weighted by molar-refractivity contribution is 0.0786. The highest BCUT2D eigenvalue weighted by Gasteiger charge is 2.24. The van der Waals surface area contributed by atoms with E-state index in [0.29, 0.717) is 33.2 Å². The minimum absolute atomic E-state index is 0.196. The largest absolute Gasteiger partial charge is 0.360 e. The average molecular weight is 582 g/mol. The van der Waals surface area contributed by atoms with Crippen LogP contribution in [0.15, 0.2) is 58.4 Å². The van der Waals surface area contributed by atoms with Crippen LogP contribution in [0.1, 0.15) is 5.56 Å². The molecule has 0 N–H and O–H groups in total. The quantitative estimate of drug-likeness (QED) is 0.141. The molecule has 0 bridgehead atoms. The van der Waals surface area contributed by atoms with Gasteiger partial charge < -0.3 is 4.74 Å². The van der Waals surface area contributed by atoms with Gasteiger partial charge in [0.1, 0.15) is 11.3 Å². The minimum atomic E-state index is -3.85. The SMILES string of the molecule is Cc1ccc(S(=O)(=O)n2cc(-c3cn(COCC[Si](C)(C)C)nc3Cl)c3cc(Br)ncc32)cc1. The van der Waals surface area contributed by atoms with Gasteiger partial charge in [-0.05, 0) is 47.1 Å². The number of nitrogens with zero attached hydrogens (tertiary/aromatic N) is 4. The maximum atomic E-state index is 13.5. The van der Waals surface area contributed by atoms with Crippen LogP contribution in [0, 0.1) is 6.92 Å². The Hall–Kier alpha value is -1.98. The van der Waals surface area contributed by atoms with Crippen LogP contribution in [0.2, 0.25) is 30.8 Å². The molecule has 0 unspecified atom stereocenters. The molecule has 0 saturated carbocycles. The summed E-state index contributed by atoms with van der Waals surface area (Å²) in [6.45, 7) is 9.74. The van der Waals surface area contributed by atoms with Gasteiger partial charge in [-0.2, -0.15) is 5.10 Å². The maximum Gasteiger partial charge on any atom is 0.268 e. The van der Waals surface area contributed by atoms with Gasteiger partial charge >= 0.3 is 0 Å². The van der Waals surface area contributed by atoms with Crippen molar-refractivity contribution < 1.29 is 13.2 Å². The van der Waals surface area contributed by atoms with Crippen LogP contribution in [-0.2, 0) is 21.5 Å². The molecule has 180 valence electrons. The average Bonchev–Trinajstić information content (AvgIpc) is 3.31. The topological polar surface area (TPSA) is 79.0 Å². The summed E-state index contributed by atoms with van der Waals surface area (Å²) in [6, 6.07) is 9.59. The Balaban J connectivity index is 1.74. The summed E-state index contributed by atoms with van der Waals surface area (Å²) >= 11 is 9.89. The van der Waals surface area contributed by atoms with Crippen LogP contribution in [0.4, 0.5) is 0 Å². The number of pyridine rings is 1. The Bertz CT molecular complexity index is 1440. The fraction of sp³-hybridized carbons (Fsp3) is 0.304. The molecule has 0 fully saturated rings. The second-order valence-electron chi connectivity index (χ2n) is 9.40. The van der Waals surface area contributed by atoms with Crippen molar-refractivity contribution in [3.05, 3.63) is 64.2 Å². The van der Waals surface area contributed by atoms with Crippen molar-refractivity contribution in [1.82, 2.24) is 18.7 Å². The van der Waals surface area contributed by atoms with Crippen molar-refractivity contribution in [2.45, 2.75) is 44.2 Å². The highest BCUT2D eigenvalue weighted by molar-refractivity contribution is 9.10. The van der Waals surface area contributed by atoms with E-state index in [1.54, 1.807) is 47.4 Å². The Labute approximate surface area is 213 Å². The molecule has 1 aromatic carbocycles. The molecule has 4 rings (SSSR count). The van der Waals surface area contributed by atoms with Gasteiger partial charge in [-0.25, -0.2) is 22.1 Å². The van der Waals surface area contributed by atoms with Crippen molar-refractivity contribution in [2.24, 2.45) is 0 Å². The lowest BCUT2D eigenvalue weighted by atomic mass is 10.1. The van der Waals surface area contributed by atoms with E-state index in [1.807, 2.05) is 6.92 Å². The fourth-order valence-corrected chi connectivity index (χ4v) is 6.18. The molecule has 0 aliphatic heterocycles. The summed E-state index contributed by atoms with van der Waals surface area (Å²) in [5.74, 6) is 0. The molecule has 0 aliphatic carbocycles. The number of halogens is 2. The highest BCUT2D eigenvalue weighted by Crippen LogP contribution is 2.37. The summed E-state index contributed by atoms with van der Waals surface area (Å²) in [4.78, 5) is 4.45. The van der Waals surface area contributed by atoms with Crippen molar-refractivity contribution in [2.75, 3.05) is 6.61 Å². The molecule has 0 amide bonds.